The van der Waals surface area contributed by atoms with E-state index in [2.05, 4.69) is 31.1 Å². The van der Waals surface area contributed by atoms with Crippen molar-refractivity contribution in [1.82, 2.24) is 10.2 Å². The first-order valence-corrected chi connectivity index (χ1v) is 5.72. The van der Waals surface area contributed by atoms with Crippen LogP contribution in [0.1, 0.15) is 39.5 Å². The molecule has 0 aromatic carbocycles. The Kier molecular flexibility index (Phi) is 4.74. The molecule has 0 atom stereocenters. The van der Waals surface area contributed by atoms with Gasteiger partial charge in [-0.2, -0.15) is 0 Å². The Bertz CT molecular complexity index is 126. The largest absolute Gasteiger partial charge is 0.314 e. The fourth-order valence-electron chi connectivity index (χ4n) is 2.08. The van der Waals surface area contributed by atoms with Crippen LogP contribution in [0, 0.1) is 0 Å². The second-order valence-electron chi connectivity index (χ2n) is 4.21. The van der Waals surface area contributed by atoms with E-state index in [1.54, 1.807) is 0 Å². The second kappa shape index (κ2) is 5.61. The maximum atomic E-state index is 3.34. The van der Waals surface area contributed by atoms with Crippen LogP contribution < -0.4 is 5.32 Å². The predicted octanol–water partition coefficient (Wildman–Crippen LogP) is 1.86. The van der Waals surface area contributed by atoms with Crippen molar-refractivity contribution < 1.29 is 0 Å². The number of nitrogens with zero attached hydrogens (tertiary/aromatic N) is 1. The highest BCUT2D eigenvalue weighted by Gasteiger charge is 2.25. The Balaban J connectivity index is 2.32. The lowest BCUT2D eigenvalue weighted by atomic mass is 10.0. The zero-order valence-corrected chi connectivity index (χ0v) is 9.34. The number of rotatable bonds is 6. The summed E-state index contributed by atoms with van der Waals surface area (Å²) in [4.78, 5) is 2.59. The van der Waals surface area contributed by atoms with Gasteiger partial charge >= 0.3 is 0 Å². The molecule has 0 unspecified atom stereocenters. The highest BCUT2D eigenvalue weighted by molar-refractivity contribution is 4.86. The van der Waals surface area contributed by atoms with Gasteiger partial charge in [-0.3, -0.25) is 4.90 Å². The summed E-state index contributed by atoms with van der Waals surface area (Å²) in [5, 5.41) is 3.34. The molecule has 1 aliphatic heterocycles. The van der Waals surface area contributed by atoms with Gasteiger partial charge in [-0.15, -0.1) is 0 Å². The lowest BCUT2D eigenvalue weighted by molar-refractivity contribution is 0.114. The normalized spacial score (nSPS) is 18.2. The first-order chi connectivity index (χ1) is 6.29. The van der Waals surface area contributed by atoms with Gasteiger partial charge in [0.05, 0.1) is 0 Å². The van der Waals surface area contributed by atoms with E-state index in [0.717, 1.165) is 12.1 Å². The molecule has 1 aliphatic rings. The Morgan fingerprint density at radius 2 is 1.77 bits per heavy atom. The van der Waals surface area contributed by atoms with Gasteiger partial charge in [-0.25, -0.2) is 0 Å². The molecule has 1 heterocycles. The minimum atomic E-state index is 0.808. The predicted molar refractivity (Wildman–Crippen MR) is 58.0 cm³/mol. The van der Waals surface area contributed by atoms with Gasteiger partial charge in [-0.05, 0) is 19.9 Å². The van der Waals surface area contributed by atoms with Crippen LogP contribution in [-0.2, 0) is 0 Å². The first kappa shape index (κ1) is 11.0. The van der Waals surface area contributed by atoms with Crippen molar-refractivity contribution in [1.29, 1.82) is 0 Å². The third-order valence-corrected chi connectivity index (χ3v) is 3.16. The van der Waals surface area contributed by atoms with E-state index in [9.17, 15) is 0 Å². The van der Waals surface area contributed by atoms with E-state index in [4.69, 9.17) is 0 Å². The van der Waals surface area contributed by atoms with Crippen LogP contribution in [0.3, 0.4) is 0 Å². The number of hydrogen-bond donors (Lipinski definition) is 1. The van der Waals surface area contributed by atoms with Crippen molar-refractivity contribution in [2.75, 3.05) is 20.1 Å². The van der Waals surface area contributed by atoms with Crippen molar-refractivity contribution in [3.05, 3.63) is 0 Å². The summed E-state index contributed by atoms with van der Waals surface area (Å²) < 4.78 is 0. The molecule has 2 heteroatoms. The maximum absolute atomic E-state index is 3.34. The maximum Gasteiger partial charge on any atom is 0.0345 e. The van der Waals surface area contributed by atoms with Gasteiger partial charge in [0.15, 0.2) is 0 Å². The zero-order valence-electron chi connectivity index (χ0n) is 9.34. The van der Waals surface area contributed by atoms with Crippen molar-refractivity contribution in [2.45, 2.75) is 51.6 Å². The Morgan fingerprint density at radius 1 is 1.23 bits per heavy atom. The van der Waals surface area contributed by atoms with Crippen LogP contribution >= 0.6 is 0 Å². The van der Waals surface area contributed by atoms with E-state index in [0.29, 0.717) is 0 Å². The SMILES string of the molecule is CCCC(CCC)N(C)C1CNC1. The first-order valence-electron chi connectivity index (χ1n) is 5.72. The summed E-state index contributed by atoms with van der Waals surface area (Å²) in [5.41, 5.74) is 0. The lowest BCUT2D eigenvalue weighted by Crippen LogP contribution is -2.58. The van der Waals surface area contributed by atoms with Gasteiger partial charge < -0.3 is 5.32 Å². The standard InChI is InChI=1S/C11H24N2/c1-4-6-10(7-5-2)13(3)11-8-12-9-11/h10-12H,4-9H2,1-3H3. The molecule has 0 spiro atoms. The highest BCUT2D eigenvalue weighted by Crippen LogP contribution is 2.16. The fourth-order valence-corrected chi connectivity index (χ4v) is 2.08. The van der Waals surface area contributed by atoms with Crippen LogP contribution in [0.5, 0.6) is 0 Å². The summed E-state index contributed by atoms with van der Waals surface area (Å²) in [7, 11) is 2.29. The number of likely N-dealkylation sites (N-methyl/N-ethyl adjacent to an activating group) is 1. The van der Waals surface area contributed by atoms with E-state index < -0.39 is 0 Å². The minimum absolute atomic E-state index is 0.808. The molecule has 13 heavy (non-hydrogen) atoms. The number of nitrogens with one attached hydrogen (secondary N) is 1. The van der Waals surface area contributed by atoms with Gasteiger partial charge in [0.25, 0.3) is 0 Å². The van der Waals surface area contributed by atoms with E-state index >= 15 is 0 Å². The molecule has 0 radical (unpaired) electrons. The van der Waals surface area contributed by atoms with Crippen LogP contribution in [-0.4, -0.2) is 37.1 Å². The Labute approximate surface area is 82.7 Å². The third kappa shape index (κ3) is 2.96. The van der Waals surface area contributed by atoms with Crippen LogP contribution in [0.25, 0.3) is 0 Å². The highest BCUT2D eigenvalue weighted by atomic mass is 15.2. The van der Waals surface area contributed by atoms with Crippen molar-refractivity contribution >= 4 is 0 Å². The molecule has 0 aliphatic carbocycles. The number of hydrogen-bond acceptors (Lipinski definition) is 2. The molecule has 1 N–H and O–H groups in total. The Morgan fingerprint density at radius 3 is 2.08 bits per heavy atom. The molecule has 0 aromatic rings. The molecular weight excluding hydrogens is 160 g/mol. The summed E-state index contributed by atoms with van der Waals surface area (Å²) in [6.45, 7) is 6.96. The van der Waals surface area contributed by atoms with Crippen LogP contribution in [0.4, 0.5) is 0 Å². The van der Waals surface area contributed by atoms with Gasteiger partial charge in [0.2, 0.25) is 0 Å². The third-order valence-electron chi connectivity index (χ3n) is 3.16. The smallest absolute Gasteiger partial charge is 0.0345 e. The minimum Gasteiger partial charge on any atom is -0.314 e. The van der Waals surface area contributed by atoms with Crippen molar-refractivity contribution in [3.8, 4) is 0 Å². The fraction of sp³-hybridized carbons (Fsp3) is 1.00. The molecule has 1 saturated heterocycles. The summed E-state index contributed by atoms with van der Waals surface area (Å²) in [6.07, 6.45) is 5.35. The molecule has 0 saturated carbocycles. The van der Waals surface area contributed by atoms with Crippen LogP contribution in [0.2, 0.25) is 0 Å². The quantitative estimate of drug-likeness (QED) is 0.678. The van der Waals surface area contributed by atoms with Crippen molar-refractivity contribution in [3.63, 3.8) is 0 Å². The average molecular weight is 184 g/mol. The van der Waals surface area contributed by atoms with Gasteiger partial charge in [0.1, 0.15) is 0 Å². The van der Waals surface area contributed by atoms with E-state index in [1.807, 2.05) is 0 Å². The second-order valence-corrected chi connectivity index (χ2v) is 4.21. The zero-order chi connectivity index (χ0) is 9.68. The summed E-state index contributed by atoms with van der Waals surface area (Å²) in [5.74, 6) is 0. The van der Waals surface area contributed by atoms with E-state index in [1.165, 1.54) is 38.8 Å². The molecular formula is C11H24N2. The summed E-state index contributed by atoms with van der Waals surface area (Å²) in [6, 6.07) is 1.63. The molecule has 0 bridgehead atoms. The summed E-state index contributed by atoms with van der Waals surface area (Å²) >= 11 is 0. The van der Waals surface area contributed by atoms with E-state index in [-0.39, 0.29) is 0 Å². The molecule has 78 valence electrons. The molecule has 0 amide bonds. The monoisotopic (exact) mass is 184 g/mol. The average Bonchev–Trinajstić information content (AvgIpc) is 2.01. The van der Waals surface area contributed by atoms with Crippen LogP contribution in [0.15, 0.2) is 0 Å². The molecule has 2 nitrogen and oxygen atoms in total. The topological polar surface area (TPSA) is 15.3 Å². The molecule has 0 aromatic heterocycles. The molecule has 1 rings (SSSR count). The lowest BCUT2D eigenvalue weighted by Gasteiger charge is -2.40. The van der Waals surface area contributed by atoms with Gasteiger partial charge in [0, 0.05) is 25.2 Å². The Hall–Kier alpha value is -0.0800. The molecule has 1 fully saturated rings. The van der Waals surface area contributed by atoms with Crippen molar-refractivity contribution in [2.24, 2.45) is 0 Å². The van der Waals surface area contributed by atoms with Gasteiger partial charge in [-0.1, -0.05) is 26.7 Å².